The summed E-state index contributed by atoms with van der Waals surface area (Å²) in [6.45, 7) is 8.22. The molecule has 2 atom stereocenters. The molecule has 8 heteroatoms. The molecule has 1 aromatic rings. The molecular weight excluding hydrogens is 441 g/mol. The number of hydrogen-bond acceptors (Lipinski definition) is 5. The van der Waals surface area contributed by atoms with Crippen molar-refractivity contribution in [3.05, 3.63) is 27.8 Å². The molecule has 25 heavy (non-hydrogen) atoms. The van der Waals surface area contributed by atoms with Crippen LogP contribution < -0.4 is 4.74 Å². The van der Waals surface area contributed by atoms with Gasteiger partial charge in [0.1, 0.15) is 5.75 Å². The van der Waals surface area contributed by atoms with Crippen LogP contribution in [0.25, 0.3) is 0 Å². The van der Waals surface area contributed by atoms with E-state index in [1.165, 1.54) is 3.57 Å². The summed E-state index contributed by atoms with van der Waals surface area (Å²) in [5.41, 5.74) is 0. The van der Waals surface area contributed by atoms with Gasteiger partial charge in [0.05, 0.1) is 18.8 Å². The van der Waals surface area contributed by atoms with Gasteiger partial charge in [0.15, 0.2) is 0 Å². The van der Waals surface area contributed by atoms with Crippen LogP contribution in [-0.2, 0) is 14.3 Å². The van der Waals surface area contributed by atoms with Crippen molar-refractivity contribution in [1.82, 2.24) is 4.90 Å². The smallest absolute Gasteiger partial charge is 0.414 e. The van der Waals surface area contributed by atoms with Crippen LogP contribution in [0.3, 0.4) is 0 Å². The van der Waals surface area contributed by atoms with Crippen molar-refractivity contribution in [2.45, 2.75) is 32.5 Å². The van der Waals surface area contributed by atoms with Gasteiger partial charge in [-0.2, -0.15) is 0 Å². The summed E-state index contributed by atoms with van der Waals surface area (Å²) in [6, 6.07) is 8.20. The molecule has 1 saturated heterocycles. The number of halogens is 1. The zero-order valence-electron chi connectivity index (χ0n) is 14.4. The number of rotatable bonds is 5. The van der Waals surface area contributed by atoms with Crippen LogP contribution in [0.2, 0.25) is 0 Å². The zero-order chi connectivity index (χ0) is 18.8. The van der Waals surface area contributed by atoms with E-state index >= 15 is 0 Å². The second-order valence-electron chi connectivity index (χ2n) is 5.78. The number of nitrogens with zero attached hydrogens (tertiary/aromatic N) is 1. The molecule has 0 aliphatic carbocycles. The summed E-state index contributed by atoms with van der Waals surface area (Å²) in [6.07, 6.45) is 1.76. The zero-order valence-corrected chi connectivity index (χ0v) is 16.5. The van der Waals surface area contributed by atoms with Crippen molar-refractivity contribution in [3.63, 3.8) is 0 Å². The Morgan fingerprint density at radius 1 is 1.16 bits per heavy atom. The van der Waals surface area contributed by atoms with Crippen molar-refractivity contribution in [1.29, 1.82) is 0 Å². The van der Waals surface area contributed by atoms with Crippen molar-refractivity contribution < 1.29 is 29.3 Å². The van der Waals surface area contributed by atoms with Crippen LogP contribution in [0.5, 0.6) is 5.75 Å². The van der Waals surface area contributed by atoms with Crippen LogP contribution in [0.1, 0.15) is 20.3 Å². The minimum Gasteiger partial charge on any atom is -0.494 e. The van der Waals surface area contributed by atoms with Gasteiger partial charge in [-0.05, 0) is 67.1 Å². The van der Waals surface area contributed by atoms with Gasteiger partial charge in [0, 0.05) is 23.2 Å². The van der Waals surface area contributed by atoms with Gasteiger partial charge in [-0.15, -0.1) is 0 Å². The second-order valence-corrected chi connectivity index (χ2v) is 7.03. The first-order valence-electron chi connectivity index (χ1n) is 8.00. The van der Waals surface area contributed by atoms with E-state index < -0.39 is 11.9 Å². The highest BCUT2D eigenvalue weighted by molar-refractivity contribution is 14.1. The maximum atomic E-state index is 9.10. The van der Waals surface area contributed by atoms with Crippen molar-refractivity contribution >= 4 is 34.5 Å². The Bertz CT molecular complexity index is 529. The summed E-state index contributed by atoms with van der Waals surface area (Å²) < 4.78 is 12.7. The van der Waals surface area contributed by atoms with Gasteiger partial charge in [-0.25, -0.2) is 9.59 Å². The fraction of sp³-hybridized carbons (Fsp3) is 0.529. The lowest BCUT2D eigenvalue weighted by atomic mass is 10.2. The van der Waals surface area contributed by atoms with Crippen LogP contribution in [0.15, 0.2) is 24.3 Å². The van der Waals surface area contributed by atoms with Crippen molar-refractivity contribution in [3.8, 4) is 5.75 Å². The summed E-state index contributed by atoms with van der Waals surface area (Å²) in [5.74, 6) is -2.69. The fourth-order valence-corrected chi connectivity index (χ4v) is 2.84. The molecule has 0 spiro atoms. The number of ether oxygens (including phenoxy) is 2. The molecule has 1 aliphatic heterocycles. The Kier molecular flexibility index (Phi) is 9.76. The van der Waals surface area contributed by atoms with Gasteiger partial charge >= 0.3 is 11.9 Å². The van der Waals surface area contributed by atoms with Gasteiger partial charge in [-0.3, -0.25) is 4.90 Å². The predicted octanol–water partition coefficient (Wildman–Crippen LogP) is 2.32. The highest BCUT2D eigenvalue weighted by Crippen LogP contribution is 2.14. The quantitative estimate of drug-likeness (QED) is 0.392. The monoisotopic (exact) mass is 465 g/mol. The molecule has 0 radical (unpaired) electrons. The van der Waals surface area contributed by atoms with E-state index in [-0.39, 0.29) is 0 Å². The molecule has 1 aromatic carbocycles. The molecule has 0 bridgehead atoms. The third kappa shape index (κ3) is 9.61. The second kappa shape index (κ2) is 11.3. The molecule has 0 amide bonds. The molecule has 2 unspecified atom stereocenters. The fourth-order valence-electron chi connectivity index (χ4n) is 2.48. The number of benzene rings is 1. The number of carbonyl (C=O) groups is 2. The summed E-state index contributed by atoms with van der Waals surface area (Å²) >= 11 is 2.30. The van der Waals surface area contributed by atoms with Crippen LogP contribution in [0.4, 0.5) is 0 Å². The van der Waals surface area contributed by atoms with E-state index in [1.807, 2.05) is 12.1 Å². The highest BCUT2D eigenvalue weighted by atomic mass is 127. The average Bonchev–Trinajstić information content (AvgIpc) is 2.53. The molecule has 0 aromatic heterocycles. The summed E-state index contributed by atoms with van der Waals surface area (Å²) in [7, 11) is 0. The standard InChI is InChI=1S/C15H22INO2.C2H2O4/c1-12-10-17(11-13(2)19-12)8-3-9-18-15-6-4-14(16)5-7-15;3-1(4)2(5)6/h4-7,12-13H,3,8-11H2,1-2H3;(H,3,4)(H,5,6). The Morgan fingerprint density at radius 2 is 1.68 bits per heavy atom. The maximum absolute atomic E-state index is 9.10. The molecule has 2 N–H and O–H groups in total. The Hall–Kier alpha value is -1.39. The molecule has 2 rings (SSSR count). The molecular formula is C17H24INO6. The minimum absolute atomic E-state index is 0.348. The molecule has 7 nitrogen and oxygen atoms in total. The lowest BCUT2D eigenvalue weighted by molar-refractivity contribution is -0.159. The first-order chi connectivity index (χ1) is 11.8. The first kappa shape index (κ1) is 21.7. The normalized spacial score (nSPS) is 20.3. The SMILES string of the molecule is CC1CN(CCCOc2ccc(I)cc2)CC(C)O1.O=C(O)C(=O)O. The summed E-state index contributed by atoms with van der Waals surface area (Å²) in [4.78, 5) is 20.7. The highest BCUT2D eigenvalue weighted by Gasteiger charge is 2.21. The number of carboxylic acid groups (broad SMARTS) is 2. The largest absolute Gasteiger partial charge is 0.494 e. The molecule has 1 heterocycles. The van der Waals surface area contributed by atoms with Crippen molar-refractivity contribution in [2.24, 2.45) is 0 Å². The Balaban J connectivity index is 0.000000450. The molecule has 1 aliphatic rings. The van der Waals surface area contributed by atoms with Crippen molar-refractivity contribution in [2.75, 3.05) is 26.2 Å². The van der Waals surface area contributed by atoms with E-state index in [2.05, 4.69) is 53.5 Å². The molecule has 0 saturated carbocycles. The number of hydrogen-bond donors (Lipinski definition) is 2. The van der Waals surface area contributed by atoms with E-state index in [4.69, 9.17) is 29.3 Å². The predicted molar refractivity (Wildman–Crippen MR) is 101 cm³/mol. The van der Waals surface area contributed by atoms with Gasteiger partial charge < -0.3 is 19.7 Å². The summed E-state index contributed by atoms with van der Waals surface area (Å²) in [5, 5.41) is 14.8. The van der Waals surface area contributed by atoms with Crippen LogP contribution in [-0.4, -0.2) is 65.5 Å². The van der Waals surface area contributed by atoms with E-state index in [0.717, 1.165) is 38.4 Å². The molecule has 140 valence electrons. The average molecular weight is 465 g/mol. The number of carboxylic acids is 2. The third-order valence-corrected chi connectivity index (χ3v) is 4.10. The number of morpholine rings is 1. The Labute approximate surface area is 161 Å². The van der Waals surface area contributed by atoms with E-state index in [9.17, 15) is 0 Å². The lowest BCUT2D eigenvalue weighted by Crippen LogP contribution is -2.45. The van der Waals surface area contributed by atoms with Gasteiger partial charge in [0.2, 0.25) is 0 Å². The third-order valence-electron chi connectivity index (χ3n) is 3.38. The van der Waals surface area contributed by atoms with E-state index in [0.29, 0.717) is 12.2 Å². The van der Waals surface area contributed by atoms with E-state index in [1.54, 1.807) is 0 Å². The lowest BCUT2D eigenvalue weighted by Gasteiger charge is -2.35. The van der Waals surface area contributed by atoms with Gasteiger partial charge in [-0.1, -0.05) is 0 Å². The molecule has 1 fully saturated rings. The number of aliphatic carboxylic acids is 2. The Morgan fingerprint density at radius 3 is 2.16 bits per heavy atom. The first-order valence-corrected chi connectivity index (χ1v) is 9.08. The maximum Gasteiger partial charge on any atom is 0.414 e. The van der Waals surface area contributed by atoms with Crippen LogP contribution >= 0.6 is 22.6 Å². The van der Waals surface area contributed by atoms with Crippen LogP contribution in [0, 0.1) is 3.57 Å². The topological polar surface area (TPSA) is 96.3 Å². The minimum atomic E-state index is -1.82. The van der Waals surface area contributed by atoms with Gasteiger partial charge in [0.25, 0.3) is 0 Å².